The number of hydrogen-bond donors (Lipinski definition) is 0. The Morgan fingerprint density at radius 2 is 1.86 bits per heavy atom. The zero-order chi connectivity index (χ0) is 5.15. The van der Waals surface area contributed by atoms with Gasteiger partial charge in [-0.25, -0.2) is 0 Å². The molecule has 0 N–H and O–H groups in total. The standard InChI is InChI=1S/C2H5O3P.Na/c1-2(3)6(4)5;/h6H,1H3,(H,4,5);/q;+1/p-1. The molecule has 0 aliphatic heterocycles. The summed E-state index contributed by atoms with van der Waals surface area (Å²) in [5.74, 6) is 0. The molecule has 0 saturated carbocycles. The molecule has 0 spiro atoms. The summed E-state index contributed by atoms with van der Waals surface area (Å²) < 4.78 is 9.42. The fourth-order valence-corrected chi connectivity index (χ4v) is 0. The molecule has 3 nitrogen and oxygen atoms in total. The minimum atomic E-state index is -3.09. The van der Waals surface area contributed by atoms with Crippen molar-refractivity contribution in [3.63, 3.8) is 0 Å². The molecule has 0 aromatic rings. The third-order valence-corrected chi connectivity index (χ3v) is 0.862. The first-order valence-electron chi connectivity index (χ1n) is 1.36. The van der Waals surface area contributed by atoms with E-state index in [0.29, 0.717) is 0 Å². The van der Waals surface area contributed by atoms with Crippen molar-refractivity contribution in [2.75, 3.05) is 0 Å². The van der Waals surface area contributed by atoms with Gasteiger partial charge in [-0.2, -0.15) is 0 Å². The summed E-state index contributed by atoms with van der Waals surface area (Å²) in [5.41, 5.74) is -0.750. The molecule has 1 unspecified atom stereocenters. The van der Waals surface area contributed by atoms with Crippen LogP contribution in [0, 0.1) is 0 Å². The van der Waals surface area contributed by atoms with Crippen molar-refractivity contribution in [1.82, 2.24) is 0 Å². The summed E-state index contributed by atoms with van der Waals surface area (Å²) in [6, 6.07) is 0. The number of hydrogen-bond acceptors (Lipinski definition) is 3. The van der Waals surface area contributed by atoms with Crippen LogP contribution in [0.25, 0.3) is 0 Å². The molecule has 0 amide bonds. The Kier molecular flexibility index (Phi) is 7.70. The quantitative estimate of drug-likeness (QED) is 0.272. The maximum absolute atomic E-state index is 9.56. The summed E-state index contributed by atoms with van der Waals surface area (Å²) >= 11 is 0. The van der Waals surface area contributed by atoms with E-state index in [-0.39, 0.29) is 29.6 Å². The van der Waals surface area contributed by atoms with Crippen molar-refractivity contribution in [3.8, 4) is 0 Å². The van der Waals surface area contributed by atoms with Gasteiger partial charge in [-0.1, -0.05) is 0 Å². The summed E-state index contributed by atoms with van der Waals surface area (Å²) in [6.45, 7) is 1.02. The van der Waals surface area contributed by atoms with Crippen molar-refractivity contribution < 1.29 is 43.8 Å². The van der Waals surface area contributed by atoms with Crippen LogP contribution in [0.15, 0.2) is 0 Å². The summed E-state index contributed by atoms with van der Waals surface area (Å²) in [6.07, 6.45) is 0. The van der Waals surface area contributed by atoms with Gasteiger partial charge in [-0.05, 0) is 0 Å². The molecule has 1 atom stereocenters. The third kappa shape index (κ3) is 6.86. The molecule has 36 valence electrons. The summed E-state index contributed by atoms with van der Waals surface area (Å²) in [5, 5.41) is 0. The van der Waals surface area contributed by atoms with E-state index in [1.807, 2.05) is 0 Å². The van der Waals surface area contributed by atoms with Crippen molar-refractivity contribution >= 4 is 13.6 Å². The molecule has 0 heterocycles. The van der Waals surface area contributed by atoms with Gasteiger partial charge in [-0.3, -0.25) is 4.79 Å². The zero-order valence-electron chi connectivity index (χ0n) is 4.22. The number of carbonyl (C=O) groups excluding carboxylic acids is 1. The Hall–Kier alpha value is 0.860. The first-order valence-corrected chi connectivity index (χ1v) is 2.68. The summed E-state index contributed by atoms with van der Waals surface area (Å²) in [7, 11) is -3.09. The van der Waals surface area contributed by atoms with E-state index in [1.54, 1.807) is 0 Å². The molecule has 5 heteroatoms. The van der Waals surface area contributed by atoms with Crippen molar-refractivity contribution in [3.05, 3.63) is 0 Å². The number of carbonyl (C=O) groups is 1. The Morgan fingerprint density at radius 3 is 1.86 bits per heavy atom. The maximum Gasteiger partial charge on any atom is 1.00 e. The molecular formula is C2H4NaO3P. The molecule has 0 aromatic carbocycles. The zero-order valence-corrected chi connectivity index (χ0v) is 7.22. The van der Waals surface area contributed by atoms with E-state index in [0.717, 1.165) is 6.92 Å². The predicted molar refractivity (Wildman–Crippen MR) is 19.7 cm³/mol. The van der Waals surface area contributed by atoms with Crippen molar-refractivity contribution in [2.45, 2.75) is 6.92 Å². The molecule has 7 heavy (non-hydrogen) atoms. The Balaban J connectivity index is 0. The maximum atomic E-state index is 9.56. The fraction of sp³-hybridized carbons (Fsp3) is 0.500. The molecule has 0 bridgehead atoms. The first-order chi connectivity index (χ1) is 2.64. The van der Waals surface area contributed by atoms with Crippen LogP contribution in [0.4, 0.5) is 0 Å². The van der Waals surface area contributed by atoms with Gasteiger partial charge in [0.05, 0.1) is 8.03 Å². The van der Waals surface area contributed by atoms with Crippen LogP contribution in [0.1, 0.15) is 6.92 Å². The van der Waals surface area contributed by atoms with Gasteiger partial charge >= 0.3 is 29.6 Å². The Bertz CT molecular complexity index is 78.9. The molecular weight excluding hydrogens is 126 g/mol. The van der Waals surface area contributed by atoms with Crippen LogP contribution in [-0.2, 0) is 9.36 Å². The summed E-state index contributed by atoms with van der Waals surface area (Å²) in [4.78, 5) is 19.0. The second-order valence-electron chi connectivity index (χ2n) is 0.844. The van der Waals surface area contributed by atoms with Gasteiger partial charge in [0.15, 0.2) is 5.52 Å². The smallest absolute Gasteiger partial charge is 0.796 e. The largest absolute Gasteiger partial charge is 1.00 e. The van der Waals surface area contributed by atoms with Gasteiger partial charge < -0.3 is 9.46 Å². The third-order valence-electron chi connectivity index (χ3n) is 0.287. The Labute approximate surface area is 64.3 Å². The monoisotopic (exact) mass is 130 g/mol. The molecule has 0 radical (unpaired) electrons. The SMILES string of the molecule is CC(=O)[PH](=O)[O-].[Na+]. The molecule has 0 rings (SSSR count). The van der Waals surface area contributed by atoms with E-state index in [2.05, 4.69) is 0 Å². The van der Waals surface area contributed by atoms with E-state index in [1.165, 1.54) is 0 Å². The fourth-order valence-electron chi connectivity index (χ4n) is 0. The molecule has 0 saturated heterocycles. The van der Waals surface area contributed by atoms with Crippen LogP contribution in [-0.4, -0.2) is 5.52 Å². The van der Waals surface area contributed by atoms with Gasteiger partial charge in [0.1, 0.15) is 0 Å². The van der Waals surface area contributed by atoms with Crippen LogP contribution in [0.3, 0.4) is 0 Å². The minimum Gasteiger partial charge on any atom is -0.796 e. The number of rotatable bonds is 1. The normalized spacial score (nSPS) is 11.7. The van der Waals surface area contributed by atoms with Gasteiger partial charge in [-0.15, -0.1) is 0 Å². The van der Waals surface area contributed by atoms with E-state index in [9.17, 15) is 14.3 Å². The van der Waals surface area contributed by atoms with E-state index in [4.69, 9.17) is 0 Å². The van der Waals surface area contributed by atoms with Gasteiger partial charge in [0.25, 0.3) is 0 Å². The van der Waals surface area contributed by atoms with Gasteiger partial charge in [0, 0.05) is 6.92 Å². The molecule has 0 fully saturated rings. The van der Waals surface area contributed by atoms with Crippen LogP contribution >= 0.6 is 8.03 Å². The van der Waals surface area contributed by atoms with E-state index >= 15 is 0 Å². The van der Waals surface area contributed by atoms with Crippen LogP contribution in [0.5, 0.6) is 0 Å². The van der Waals surface area contributed by atoms with Crippen LogP contribution in [0.2, 0.25) is 0 Å². The second-order valence-corrected chi connectivity index (χ2v) is 2.12. The Morgan fingerprint density at radius 1 is 1.71 bits per heavy atom. The van der Waals surface area contributed by atoms with Gasteiger partial charge in [0.2, 0.25) is 0 Å². The van der Waals surface area contributed by atoms with Crippen molar-refractivity contribution in [1.29, 1.82) is 0 Å². The first kappa shape index (κ1) is 10.8. The van der Waals surface area contributed by atoms with Crippen LogP contribution < -0.4 is 34.5 Å². The molecule has 0 aromatic heterocycles. The average Bonchev–Trinajstić information content (AvgIpc) is 1.36. The molecule has 0 aliphatic rings. The topological polar surface area (TPSA) is 57.2 Å². The predicted octanol–water partition coefficient (Wildman–Crippen LogP) is -3.63. The molecule has 0 aliphatic carbocycles. The average molecular weight is 130 g/mol. The van der Waals surface area contributed by atoms with Crippen molar-refractivity contribution in [2.24, 2.45) is 0 Å². The minimum absolute atomic E-state index is 0. The van der Waals surface area contributed by atoms with E-state index < -0.39 is 13.6 Å². The second kappa shape index (κ2) is 5.01.